The Kier molecular flexibility index (Phi) is 36.9. The van der Waals surface area contributed by atoms with Gasteiger partial charge in [0.15, 0.2) is 0 Å². The van der Waals surface area contributed by atoms with Gasteiger partial charge in [-0.1, -0.05) is 0 Å². The van der Waals surface area contributed by atoms with Gasteiger partial charge in [0.2, 0.25) is 0 Å². The molecule has 0 amide bonds. The summed E-state index contributed by atoms with van der Waals surface area (Å²) in [5, 5.41) is 8.89. The van der Waals surface area contributed by atoms with Gasteiger partial charge in [-0.25, -0.2) is 0 Å². The van der Waals surface area contributed by atoms with Gasteiger partial charge < -0.3 is 14.7 Å². The fourth-order valence-corrected chi connectivity index (χ4v) is 0. The third-order valence-electron chi connectivity index (χ3n) is 0. The van der Waals surface area contributed by atoms with Crippen LogP contribution in [0.3, 0.4) is 0 Å². The minimum Gasteiger partial charge on any atom is -0.550 e. The summed E-state index contributed by atoms with van der Waals surface area (Å²) in [4.78, 5) is 16.9. The van der Waals surface area contributed by atoms with Crippen molar-refractivity contribution in [3.63, 3.8) is 0 Å². The molecule has 0 saturated carbocycles. The predicted molar refractivity (Wildman–Crippen MR) is 17.8 cm³/mol. The second-order valence-electron chi connectivity index (χ2n) is 0.492. The molecular formula is C3H5NaO3. The van der Waals surface area contributed by atoms with Crippen LogP contribution in [-0.4, -0.2) is 12.8 Å². The minimum atomic E-state index is -1.08. The van der Waals surface area contributed by atoms with Gasteiger partial charge in [-0.3, -0.25) is 0 Å². The zero-order valence-corrected chi connectivity index (χ0v) is 6.43. The largest absolute Gasteiger partial charge is 1.00 e. The first-order chi connectivity index (χ1) is 2.73. The molecule has 0 spiro atoms. The summed E-state index contributed by atoms with van der Waals surface area (Å²) in [5.74, 6) is -1.08. The Labute approximate surface area is 64.0 Å². The van der Waals surface area contributed by atoms with Crippen LogP contribution in [-0.2, 0) is 9.59 Å². The van der Waals surface area contributed by atoms with E-state index in [4.69, 9.17) is 14.7 Å². The number of hydrogen-bond acceptors (Lipinski definition) is 3. The molecule has 0 aromatic carbocycles. The second-order valence-corrected chi connectivity index (χ2v) is 0.492. The van der Waals surface area contributed by atoms with Gasteiger partial charge in [-0.05, 0) is 6.92 Å². The van der Waals surface area contributed by atoms with Crippen LogP contribution < -0.4 is 34.7 Å². The van der Waals surface area contributed by atoms with Crippen LogP contribution in [0.2, 0.25) is 0 Å². The smallest absolute Gasteiger partial charge is 0.550 e. The predicted octanol–water partition coefficient (Wildman–Crippen LogP) is -4.42. The molecule has 0 aliphatic rings. The number of aliphatic carboxylic acids is 1. The summed E-state index contributed by atoms with van der Waals surface area (Å²) in [7, 11) is 0. The third kappa shape index (κ3) is 5370. The Hall–Kier alpha value is 0.140. The summed E-state index contributed by atoms with van der Waals surface area (Å²) in [6.45, 7) is 2.97. The zero-order valence-electron chi connectivity index (χ0n) is 4.43. The average Bonchev–Trinajstić information content (AvgIpc) is 1.41. The quantitative estimate of drug-likeness (QED) is 0.297. The maximum atomic E-state index is 8.89. The first-order valence-electron chi connectivity index (χ1n) is 1.20. The Balaban J connectivity index is -0.0000000480. The van der Waals surface area contributed by atoms with Crippen LogP contribution in [0, 0.1) is 0 Å². The molecular weight excluding hydrogens is 107 g/mol. The van der Waals surface area contributed by atoms with Gasteiger partial charge in [0.1, 0.15) is 6.79 Å². The van der Waals surface area contributed by atoms with E-state index in [1.54, 1.807) is 0 Å². The summed E-state index contributed by atoms with van der Waals surface area (Å²) in [6, 6.07) is 0. The monoisotopic (exact) mass is 112 g/mol. The average molecular weight is 112 g/mol. The normalized spacial score (nSPS) is 4.14. The van der Waals surface area contributed by atoms with E-state index < -0.39 is 5.97 Å². The summed E-state index contributed by atoms with van der Waals surface area (Å²) < 4.78 is 0. The van der Waals surface area contributed by atoms with E-state index in [1.807, 2.05) is 6.79 Å². The summed E-state index contributed by atoms with van der Waals surface area (Å²) in [6.07, 6.45) is 0. The first-order valence-corrected chi connectivity index (χ1v) is 1.20. The molecule has 3 nitrogen and oxygen atoms in total. The van der Waals surface area contributed by atoms with Crippen molar-refractivity contribution < 1.29 is 44.3 Å². The maximum Gasteiger partial charge on any atom is 1.00 e. The van der Waals surface area contributed by atoms with Crippen LogP contribution in [0.25, 0.3) is 0 Å². The van der Waals surface area contributed by atoms with E-state index in [0.717, 1.165) is 6.92 Å². The molecule has 0 aliphatic heterocycles. The fraction of sp³-hybridized carbons (Fsp3) is 0.333. The Morgan fingerprint density at radius 2 is 1.57 bits per heavy atom. The van der Waals surface area contributed by atoms with Crippen LogP contribution in [0.4, 0.5) is 0 Å². The van der Waals surface area contributed by atoms with E-state index in [2.05, 4.69) is 0 Å². The number of carboxylic acids is 1. The summed E-state index contributed by atoms with van der Waals surface area (Å²) >= 11 is 0. The van der Waals surface area contributed by atoms with Crippen molar-refractivity contribution in [2.75, 3.05) is 0 Å². The molecule has 7 heavy (non-hydrogen) atoms. The molecule has 4 heteroatoms. The molecule has 0 N–H and O–H groups in total. The van der Waals surface area contributed by atoms with Crippen molar-refractivity contribution in [3.05, 3.63) is 0 Å². The fourth-order valence-electron chi connectivity index (χ4n) is 0. The van der Waals surface area contributed by atoms with Gasteiger partial charge >= 0.3 is 29.6 Å². The topological polar surface area (TPSA) is 57.2 Å². The van der Waals surface area contributed by atoms with Crippen LogP contribution >= 0.6 is 0 Å². The molecule has 0 heterocycles. The van der Waals surface area contributed by atoms with Crippen LogP contribution in [0.5, 0.6) is 0 Å². The van der Waals surface area contributed by atoms with E-state index in [0.29, 0.717) is 0 Å². The summed E-state index contributed by atoms with van der Waals surface area (Å²) in [5.41, 5.74) is 0. The van der Waals surface area contributed by atoms with Gasteiger partial charge in [0, 0.05) is 5.97 Å². The zero-order chi connectivity index (χ0) is 5.58. The van der Waals surface area contributed by atoms with Crippen molar-refractivity contribution in [2.45, 2.75) is 6.92 Å². The molecule has 0 unspecified atom stereocenters. The molecule has 0 bridgehead atoms. The maximum absolute atomic E-state index is 8.89. The van der Waals surface area contributed by atoms with Crippen molar-refractivity contribution in [1.29, 1.82) is 0 Å². The molecule has 36 valence electrons. The number of hydrogen-bond donors (Lipinski definition) is 0. The Bertz CT molecular complexity index is 41.4. The third-order valence-corrected chi connectivity index (χ3v) is 0. The Morgan fingerprint density at radius 3 is 1.57 bits per heavy atom. The van der Waals surface area contributed by atoms with Gasteiger partial charge in [0.25, 0.3) is 0 Å². The van der Waals surface area contributed by atoms with Crippen molar-refractivity contribution in [3.8, 4) is 0 Å². The van der Waals surface area contributed by atoms with Gasteiger partial charge in [-0.15, -0.1) is 0 Å². The van der Waals surface area contributed by atoms with E-state index in [1.165, 1.54) is 0 Å². The molecule has 0 aliphatic carbocycles. The number of carbonyl (C=O) groups excluding carboxylic acids is 2. The second kappa shape index (κ2) is 16.5. The molecule has 0 atom stereocenters. The van der Waals surface area contributed by atoms with E-state index in [9.17, 15) is 0 Å². The van der Waals surface area contributed by atoms with Crippen LogP contribution in [0.1, 0.15) is 6.92 Å². The molecule has 0 radical (unpaired) electrons. The van der Waals surface area contributed by atoms with Crippen molar-refractivity contribution in [2.24, 2.45) is 0 Å². The van der Waals surface area contributed by atoms with Crippen molar-refractivity contribution >= 4 is 12.8 Å². The van der Waals surface area contributed by atoms with Crippen molar-refractivity contribution in [1.82, 2.24) is 0 Å². The number of rotatable bonds is 0. The molecule has 0 aromatic rings. The molecule has 0 aromatic heterocycles. The minimum absolute atomic E-state index is 0. The van der Waals surface area contributed by atoms with E-state index >= 15 is 0 Å². The van der Waals surface area contributed by atoms with Gasteiger partial charge in [-0.2, -0.15) is 0 Å². The molecule has 0 rings (SSSR count). The Morgan fingerprint density at radius 1 is 1.57 bits per heavy atom. The first kappa shape index (κ1) is 15.7. The number of carboxylic acid groups (broad SMARTS) is 1. The van der Waals surface area contributed by atoms with E-state index in [-0.39, 0.29) is 29.6 Å². The van der Waals surface area contributed by atoms with Crippen LogP contribution in [0.15, 0.2) is 0 Å². The SMILES string of the molecule is C=O.CC(=O)[O-].[Na+]. The standard InChI is InChI=1S/C2H4O2.CH2O.Na/c1-2(3)4;1-2;/h1H3,(H,3,4);1H2;/q;;+1/p-1. The number of carbonyl (C=O) groups is 2. The molecule has 0 saturated heterocycles. The molecule has 0 fully saturated rings. The van der Waals surface area contributed by atoms with Gasteiger partial charge in [0.05, 0.1) is 0 Å².